The first-order chi connectivity index (χ1) is 15.4. The SMILES string of the molecule is Cc1ccc(C#N)c(NC(=O)COc2cccc3c(C4CCC(=O)NC4=O)nn(C)c23)c1. The van der Waals surface area contributed by atoms with Crippen molar-refractivity contribution in [2.45, 2.75) is 25.7 Å². The summed E-state index contributed by atoms with van der Waals surface area (Å²) in [6, 6.07) is 12.6. The van der Waals surface area contributed by atoms with Crippen LogP contribution in [0.4, 0.5) is 5.69 Å². The summed E-state index contributed by atoms with van der Waals surface area (Å²) >= 11 is 0. The summed E-state index contributed by atoms with van der Waals surface area (Å²) in [5.74, 6) is -1.14. The molecule has 1 unspecified atom stereocenters. The van der Waals surface area contributed by atoms with Gasteiger partial charge in [0.2, 0.25) is 11.8 Å². The van der Waals surface area contributed by atoms with Gasteiger partial charge in [0.15, 0.2) is 6.61 Å². The summed E-state index contributed by atoms with van der Waals surface area (Å²) < 4.78 is 7.38. The number of rotatable bonds is 5. The predicted octanol–water partition coefficient (Wildman–Crippen LogP) is 2.29. The standard InChI is InChI=1S/C23H21N5O4/c1-13-6-7-14(11-24)17(10-13)25-20(30)12-32-18-5-3-4-15-21(27-28(2)22(15)18)16-8-9-19(29)26-23(16)31/h3-7,10,16H,8-9,12H2,1-2H3,(H,25,30)(H,26,29,31). The lowest BCUT2D eigenvalue weighted by molar-refractivity contribution is -0.134. The van der Waals surface area contributed by atoms with Crippen molar-refractivity contribution in [1.82, 2.24) is 15.1 Å². The quantitative estimate of drug-likeness (QED) is 0.597. The molecule has 0 saturated carbocycles. The number of nitriles is 1. The molecule has 0 bridgehead atoms. The monoisotopic (exact) mass is 431 g/mol. The molecule has 162 valence electrons. The lowest BCUT2D eigenvalue weighted by Gasteiger charge is -2.19. The van der Waals surface area contributed by atoms with Crippen LogP contribution >= 0.6 is 0 Å². The third kappa shape index (κ3) is 4.03. The second-order valence-corrected chi connectivity index (χ2v) is 7.66. The van der Waals surface area contributed by atoms with Crippen LogP contribution in [0.2, 0.25) is 0 Å². The van der Waals surface area contributed by atoms with Crippen LogP contribution in [0.3, 0.4) is 0 Å². The molecule has 3 amide bonds. The second-order valence-electron chi connectivity index (χ2n) is 7.66. The molecular weight excluding hydrogens is 410 g/mol. The fraction of sp³-hybridized carbons (Fsp3) is 0.261. The number of imide groups is 1. The molecule has 9 heteroatoms. The van der Waals surface area contributed by atoms with Gasteiger partial charge < -0.3 is 10.1 Å². The molecule has 9 nitrogen and oxygen atoms in total. The number of fused-ring (bicyclic) bond motifs is 1. The van der Waals surface area contributed by atoms with E-state index in [0.29, 0.717) is 34.6 Å². The highest BCUT2D eigenvalue weighted by molar-refractivity contribution is 6.03. The van der Waals surface area contributed by atoms with Gasteiger partial charge in [-0.1, -0.05) is 18.2 Å². The molecule has 1 aliphatic rings. The average molecular weight is 431 g/mol. The third-order valence-corrected chi connectivity index (χ3v) is 5.35. The van der Waals surface area contributed by atoms with Crippen molar-refractivity contribution < 1.29 is 19.1 Å². The Labute approximate surface area is 184 Å². The number of aromatic nitrogens is 2. The van der Waals surface area contributed by atoms with Crippen LogP contribution in [0.15, 0.2) is 36.4 Å². The van der Waals surface area contributed by atoms with Gasteiger partial charge in [-0.3, -0.25) is 24.4 Å². The minimum absolute atomic E-state index is 0.258. The number of para-hydroxylation sites is 1. The van der Waals surface area contributed by atoms with E-state index in [1.807, 2.05) is 13.0 Å². The van der Waals surface area contributed by atoms with Crippen molar-refractivity contribution >= 4 is 34.3 Å². The van der Waals surface area contributed by atoms with Crippen LogP contribution in [0.25, 0.3) is 10.9 Å². The van der Waals surface area contributed by atoms with Crippen molar-refractivity contribution in [3.63, 3.8) is 0 Å². The van der Waals surface area contributed by atoms with E-state index in [9.17, 15) is 19.6 Å². The molecule has 32 heavy (non-hydrogen) atoms. The Hall–Kier alpha value is -4.19. The summed E-state index contributed by atoms with van der Waals surface area (Å²) in [5, 5.41) is 19.5. The van der Waals surface area contributed by atoms with E-state index < -0.39 is 11.8 Å². The number of anilines is 1. The van der Waals surface area contributed by atoms with E-state index in [4.69, 9.17) is 4.74 Å². The zero-order valence-electron chi connectivity index (χ0n) is 17.6. The molecule has 2 aromatic carbocycles. The van der Waals surface area contributed by atoms with Crippen molar-refractivity contribution in [2.24, 2.45) is 7.05 Å². The molecule has 0 radical (unpaired) electrons. The highest BCUT2D eigenvalue weighted by atomic mass is 16.5. The summed E-state index contributed by atoms with van der Waals surface area (Å²) in [4.78, 5) is 36.3. The average Bonchev–Trinajstić information content (AvgIpc) is 3.09. The van der Waals surface area contributed by atoms with Gasteiger partial charge in [-0.05, 0) is 37.1 Å². The largest absolute Gasteiger partial charge is 0.481 e. The molecule has 1 fully saturated rings. The van der Waals surface area contributed by atoms with E-state index in [0.717, 1.165) is 10.9 Å². The number of aryl methyl sites for hydroxylation is 2. The van der Waals surface area contributed by atoms with Gasteiger partial charge in [-0.15, -0.1) is 0 Å². The maximum atomic E-state index is 12.5. The van der Waals surface area contributed by atoms with Gasteiger partial charge in [0, 0.05) is 18.9 Å². The molecule has 1 saturated heterocycles. The van der Waals surface area contributed by atoms with Crippen LogP contribution in [-0.4, -0.2) is 34.1 Å². The Morgan fingerprint density at radius 2 is 2.16 bits per heavy atom. The minimum atomic E-state index is -0.527. The third-order valence-electron chi connectivity index (χ3n) is 5.35. The van der Waals surface area contributed by atoms with Gasteiger partial charge in [-0.2, -0.15) is 10.4 Å². The molecule has 4 rings (SSSR count). The number of hydrogen-bond donors (Lipinski definition) is 2. The number of carbonyl (C=O) groups is 3. The predicted molar refractivity (Wildman–Crippen MR) is 116 cm³/mol. The number of amides is 3. The Bertz CT molecular complexity index is 1290. The number of piperidine rings is 1. The van der Waals surface area contributed by atoms with Gasteiger partial charge >= 0.3 is 0 Å². The maximum Gasteiger partial charge on any atom is 0.262 e. The van der Waals surface area contributed by atoms with Crippen LogP contribution in [0, 0.1) is 18.3 Å². The fourth-order valence-electron chi connectivity index (χ4n) is 3.85. The first-order valence-corrected chi connectivity index (χ1v) is 10.1. The van der Waals surface area contributed by atoms with E-state index in [1.54, 1.807) is 42.1 Å². The van der Waals surface area contributed by atoms with Gasteiger partial charge in [-0.25, -0.2) is 0 Å². The van der Waals surface area contributed by atoms with E-state index in [-0.39, 0.29) is 24.8 Å². The van der Waals surface area contributed by atoms with E-state index >= 15 is 0 Å². The topological polar surface area (TPSA) is 126 Å². The van der Waals surface area contributed by atoms with Crippen LogP contribution in [0.5, 0.6) is 5.75 Å². The first kappa shape index (κ1) is 21.1. The van der Waals surface area contributed by atoms with Crippen molar-refractivity contribution in [3.05, 3.63) is 53.2 Å². The summed E-state index contributed by atoms with van der Waals surface area (Å²) in [5.41, 5.74) is 2.93. The maximum absolute atomic E-state index is 12.5. The Balaban J connectivity index is 1.54. The number of carbonyl (C=O) groups excluding carboxylic acids is 3. The summed E-state index contributed by atoms with van der Waals surface area (Å²) in [6.45, 7) is 1.60. The van der Waals surface area contributed by atoms with E-state index in [2.05, 4.69) is 21.8 Å². The van der Waals surface area contributed by atoms with Crippen LogP contribution in [0.1, 0.15) is 35.6 Å². The molecule has 1 atom stereocenters. The van der Waals surface area contributed by atoms with Crippen molar-refractivity contribution in [1.29, 1.82) is 5.26 Å². The zero-order valence-corrected chi connectivity index (χ0v) is 17.6. The van der Waals surface area contributed by atoms with Gasteiger partial charge in [0.05, 0.1) is 22.9 Å². The minimum Gasteiger partial charge on any atom is -0.481 e. The first-order valence-electron chi connectivity index (χ1n) is 10.1. The van der Waals surface area contributed by atoms with Crippen molar-refractivity contribution in [2.75, 3.05) is 11.9 Å². The molecule has 0 spiro atoms. The van der Waals surface area contributed by atoms with Crippen LogP contribution < -0.4 is 15.4 Å². The fourth-order valence-corrected chi connectivity index (χ4v) is 3.85. The molecule has 3 aromatic rings. The van der Waals surface area contributed by atoms with Crippen molar-refractivity contribution in [3.8, 4) is 11.8 Å². The molecule has 0 aliphatic carbocycles. The number of nitrogens with zero attached hydrogens (tertiary/aromatic N) is 3. The molecule has 2 N–H and O–H groups in total. The Morgan fingerprint density at radius 1 is 1.34 bits per heavy atom. The number of nitrogens with one attached hydrogen (secondary N) is 2. The molecule has 2 heterocycles. The van der Waals surface area contributed by atoms with Crippen LogP contribution in [-0.2, 0) is 21.4 Å². The number of benzene rings is 2. The summed E-state index contributed by atoms with van der Waals surface area (Å²) in [6.07, 6.45) is 0.649. The lowest BCUT2D eigenvalue weighted by atomic mass is 9.93. The normalized spacial score (nSPS) is 15.8. The number of ether oxygens (including phenoxy) is 1. The van der Waals surface area contributed by atoms with Gasteiger partial charge in [0.1, 0.15) is 17.3 Å². The van der Waals surface area contributed by atoms with E-state index in [1.165, 1.54) is 0 Å². The smallest absolute Gasteiger partial charge is 0.262 e. The molecular formula is C23H21N5O4. The highest BCUT2D eigenvalue weighted by Gasteiger charge is 2.32. The lowest BCUT2D eigenvalue weighted by Crippen LogP contribution is -2.39. The second kappa shape index (κ2) is 8.51. The zero-order chi connectivity index (χ0) is 22.8. The molecule has 1 aliphatic heterocycles. The Morgan fingerprint density at radius 3 is 2.91 bits per heavy atom. The summed E-state index contributed by atoms with van der Waals surface area (Å²) in [7, 11) is 1.73. The Kier molecular flexibility index (Phi) is 5.60. The number of hydrogen-bond acceptors (Lipinski definition) is 6. The van der Waals surface area contributed by atoms with Gasteiger partial charge in [0.25, 0.3) is 5.91 Å². The highest BCUT2D eigenvalue weighted by Crippen LogP contribution is 2.34. The molecule has 1 aromatic heterocycles.